The van der Waals surface area contributed by atoms with Crippen molar-refractivity contribution in [2.75, 3.05) is 53.5 Å². The Bertz CT molecular complexity index is 654. The fourth-order valence-corrected chi connectivity index (χ4v) is 5.27. The summed E-state index contributed by atoms with van der Waals surface area (Å²) in [5, 5.41) is 0. The molecule has 4 rings (SSSR count). The Morgan fingerprint density at radius 2 is 1.85 bits per heavy atom. The number of hydrogen-bond donors (Lipinski definition) is 0. The Morgan fingerprint density at radius 3 is 2.56 bits per heavy atom. The number of rotatable bonds is 4. The number of likely N-dealkylation sites (tertiary alicyclic amines) is 1. The van der Waals surface area contributed by atoms with Gasteiger partial charge in [-0.1, -0.05) is 24.3 Å². The third-order valence-electron chi connectivity index (χ3n) is 7.14. The van der Waals surface area contributed by atoms with Crippen LogP contribution in [0.15, 0.2) is 24.3 Å². The Labute approximate surface area is 163 Å². The number of benzene rings is 1. The number of amides is 1. The predicted molar refractivity (Wildman–Crippen MR) is 107 cm³/mol. The average Bonchev–Trinajstić information content (AvgIpc) is 3.05. The van der Waals surface area contributed by atoms with Gasteiger partial charge in [-0.05, 0) is 43.9 Å². The largest absolute Gasteiger partial charge is 0.383 e. The highest BCUT2D eigenvalue weighted by molar-refractivity contribution is 5.76. The fraction of sp³-hybridized carbons (Fsp3) is 0.682. The number of carbonyl (C=O) groups is 1. The van der Waals surface area contributed by atoms with E-state index in [1.54, 1.807) is 7.11 Å². The molecule has 1 spiro atoms. The number of carbonyl (C=O) groups excluding carboxylic acids is 1. The molecule has 2 fully saturated rings. The van der Waals surface area contributed by atoms with Crippen molar-refractivity contribution in [1.82, 2.24) is 14.7 Å². The number of likely N-dealkylation sites (N-methyl/N-ethyl adjacent to an activating group) is 1. The molecular weight excluding hydrogens is 338 g/mol. The number of methoxy groups -OCH3 is 1. The second kappa shape index (κ2) is 7.90. The molecule has 2 heterocycles. The van der Waals surface area contributed by atoms with Gasteiger partial charge in [0.05, 0.1) is 6.61 Å². The number of fused-ring (bicyclic) bond motifs is 1. The molecule has 2 saturated heterocycles. The molecule has 148 valence electrons. The molecule has 0 radical (unpaired) electrons. The maximum atomic E-state index is 12.6. The summed E-state index contributed by atoms with van der Waals surface area (Å²) in [6.07, 6.45) is 5.05. The van der Waals surface area contributed by atoms with Crippen molar-refractivity contribution in [3.8, 4) is 0 Å². The third-order valence-corrected chi connectivity index (χ3v) is 7.14. The summed E-state index contributed by atoms with van der Waals surface area (Å²) < 4.78 is 5.19. The Balaban J connectivity index is 1.45. The second-order valence-corrected chi connectivity index (χ2v) is 8.57. The van der Waals surface area contributed by atoms with Crippen LogP contribution in [0.2, 0.25) is 0 Å². The van der Waals surface area contributed by atoms with Gasteiger partial charge < -0.3 is 9.64 Å². The summed E-state index contributed by atoms with van der Waals surface area (Å²) in [5.41, 5.74) is 3.18. The summed E-state index contributed by atoms with van der Waals surface area (Å²) >= 11 is 0. The van der Waals surface area contributed by atoms with Crippen molar-refractivity contribution >= 4 is 5.91 Å². The molecule has 0 aromatic heterocycles. The molecule has 2 aliphatic heterocycles. The molecule has 0 N–H and O–H groups in total. The van der Waals surface area contributed by atoms with Crippen LogP contribution >= 0.6 is 0 Å². The summed E-state index contributed by atoms with van der Waals surface area (Å²) in [7, 11) is 3.96. The molecular formula is C22H33N3O2. The zero-order chi connectivity index (χ0) is 18.9. The Morgan fingerprint density at radius 1 is 1.11 bits per heavy atom. The molecule has 3 aliphatic rings. The molecule has 0 bridgehead atoms. The van der Waals surface area contributed by atoms with Crippen molar-refractivity contribution in [3.63, 3.8) is 0 Å². The third kappa shape index (κ3) is 3.78. The first kappa shape index (κ1) is 18.9. The van der Waals surface area contributed by atoms with Crippen LogP contribution in [-0.2, 0) is 22.4 Å². The molecule has 5 nitrogen and oxygen atoms in total. The topological polar surface area (TPSA) is 36.0 Å². The van der Waals surface area contributed by atoms with Crippen LogP contribution in [0.1, 0.15) is 30.4 Å². The zero-order valence-electron chi connectivity index (χ0n) is 16.8. The number of nitrogens with zero attached hydrogens (tertiary/aromatic N) is 3. The standard InChI is InChI=1S/C22H33N3O2/c1-23-11-12-25(20-15-18-5-3-4-6-19(18)16-20)17-22(23)8-7-21(26)24(10-9-22)13-14-27-2/h3-6,20H,7-17H2,1-2H3/t22-/m1/s1. The summed E-state index contributed by atoms with van der Waals surface area (Å²) in [6.45, 7) is 5.52. The summed E-state index contributed by atoms with van der Waals surface area (Å²) in [6, 6.07) is 9.53. The van der Waals surface area contributed by atoms with Crippen molar-refractivity contribution in [1.29, 1.82) is 0 Å². The molecule has 1 aromatic rings. The zero-order valence-corrected chi connectivity index (χ0v) is 16.8. The molecule has 1 aliphatic carbocycles. The summed E-state index contributed by atoms with van der Waals surface area (Å²) in [4.78, 5) is 19.8. The van der Waals surface area contributed by atoms with E-state index in [0.717, 1.165) is 45.6 Å². The van der Waals surface area contributed by atoms with Crippen LogP contribution in [0, 0.1) is 0 Å². The van der Waals surface area contributed by atoms with Gasteiger partial charge in [0.15, 0.2) is 0 Å². The first-order valence-electron chi connectivity index (χ1n) is 10.4. The van der Waals surface area contributed by atoms with E-state index in [1.165, 1.54) is 24.0 Å². The second-order valence-electron chi connectivity index (χ2n) is 8.57. The van der Waals surface area contributed by atoms with E-state index in [-0.39, 0.29) is 5.54 Å². The first-order valence-corrected chi connectivity index (χ1v) is 10.4. The smallest absolute Gasteiger partial charge is 0.222 e. The minimum atomic E-state index is 0.129. The van der Waals surface area contributed by atoms with Crippen molar-refractivity contribution < 1.29 is 9.53 Å². The van der Waals surface area contributed by atoms with Crippen LogP contribution in [-0.4, -0.2) is 85.7 Å². The quantitative estimate of drug-likeness (QED) is 0.809. The molecule has 5 heteroatoms. The number of ether oxygens (including phenoxy) is 1. The van der Waals surface area contributed by atoms with Gasteiger partial charge in [-0.15, -0.1) is 0 Å². The minimum Gasteiger partial charge on any atom is -0.383 e. The molecule has 27 heavy (non-hydrogen) atoms. The highest BCUT2D eigenvalue weighted by atomic mass is 16.5. The van der Waals surface area contributed by atoms with Gasteiger partial charge in [-0.3, -0.25) is 14.6 Å². The van der Waals surface area contributed by atoms with E-state index in [0.29, 0.717) is 25.0 Å². The Kier molecular flexibility index (Phi) is 5.53. The van der Waals surface area contributed by atoms with Crippen LogP contribution < -0.4 is 0 Å². The van der Waals surface area contributed by atoms with Gasteiger partial charge in [0, 0.05) is 57.8 Å². The van der Waals surface area contributed by atoms with Gasteiger partial charge in [0.25, 0.3) is 0 Å². The van der Waals surface area contributed by atoms with Crippen LogP contribution in [0.5, 0.6) is 0 Å². The van der Waals surface area contributed by atoms with E-state index in [9.17, 15) is 4.79 Å². The molecule has 0 saturated carbocycles. The molecule has 1 atom stereocenters. The number of piperazine rings is 1. The monoisotopic (exact) mass is 371 g/mol. The molecule has 1 amide bonds. The van der Waals surface area contributed by atoms with Crippen molar-refractivity contribution in [2.45, 2.75) is 43.7 Å². The lowest BCUT2D eigenvalue weighted by molar-refractivity contribution is -0.131. The SMILES string of the molecule is COCCN1CC[C@]2(CCC1=O)CN(C1Cc3ccccc3C1)CCN2C. The van der Waals surface area contributed by atoms with Crippen LogP contribution in [0.3, 0.4) is 0 Å². The average molecular weight is 372 g/mol. The Hall–Kier alpha value is -1.43. The highest BCUT2D eigenvalue weighted by Gasteiger charge is 2.44. The van der Waals surface area contributed by atoms with Gasteiger partial charge in [-0.25, -0.2) is 0 Å². The first-order chi connectivity index (χ1) is 13.1. The van der Waals surface area contributed by atoms with E-state index < -0.39 is 0 Å². The normalized spacial score (nSPS) is 27.9. The fourth-order valence-electron chi connectivity index (χ4n) is 5.27. The maximum absolute atomic E-state index is 12.6. The predicted octanol–water partition coefficient (Wildman–Crippen LogP) is 1.80. The van der Waals surface area contributed by atoms with Crippen molar-refractivity contribution in [2.24, 2.45) is 0 Å². The highest BCUT2D eigenvalue weighted by Crippen LogP contribution is 2.35. The van der Waals surface area contributed by atoms with Crippen molar-refractivity contribution in [3.05, 3.63) is 35.4 Å². The minimum absolute atomic E-state index is 0.129. The van der Waals surface area contributed by atoms with E-state index in [4.69, 9.17) is 4.74 Å². The lowest BCUT2D eigenvalue weighted by atomic mass is 9.85. The number of hydrogen-bond acceptors (Lipinski definition) is 4. The van der Waals surface area contributed by atoms with Gasteiger partial charge in [0.1, 0.15) is 0 Å². The maximum Gasteiger partial charge on any atom is 0.222 e. The molecule has 1 aromatic carbocycles. The van der Waals surface area contributed by atoms with E-state index in [2.05, 4.69) is 41.1 Å². The lowest BCUT2D eigenvalue weighted by Gasteiger charge is -2.51. The van der Waals surface area contributed by atoms with Gasteiger partial charge in [0.2, 0.25) is 5.91 Å². The molecule has 0 unspecified atom stereocenters. The lowest BCUT2D eigenvalue weighted by Crippen LogP contribution is -2.63. The van der Waals surface area contributed by atoms with Gasteiger partial charge in [-0.2, -0.15) is 0 Å². The van der Waals surface area contributed by atoms with Gasteiger partial charge >= 0.3 is 0 Å². The van der Waals surface area contributed by atoms with E-state index >= 15 is 0 Å². The summed E-state index contributed by atoms with van der Waals surface area (Å²) in [5.74, 6) is 0.294. The van der Waals surface area contributed by atoms with Crippen LogP contribution in [0.4, 0.5) is 0 Å². The van der Waals surface area contributed by atoms with Crippen LogP contribution in [0.25, 0.3) is 0 Å². The van der Waals surface area contributed by atoms with E-state index in [1.807, 2.05) is 4.90 Å².